The first kappa shape index (κ1) is 20.1. The second-order valence-corrected chi connectivity index (χ2v) is 6.80. The SMILES string of the molecule is N#Cc1cnc2c(Cl)cc(NCC(O)CO)cc2c1Nc1ccc(F)c(Cl)c1. The summed E-state index contributed by atoms with van der Waals surface area (Å²) in [5.41, 5.74) is 2.22. The van der Waals surface area contributed by atoms with Crippen molar-refractivity contribution < 1.29 is 14.6 Å². The zero-order chi connectivity index (χ0) is 20.3. The molecule has 3 rings (SSSR count). The van der Waals surface area contributed by atoms with Crippen LogP contribution in [0, 0.1) is 17.1 Å². The second-order valence-electron chi connectivity index (χ2n) is 5.98. The Labute approximate surface area is 170 Å². The average Bonchev–Trinajstić information content (AvgIpc) is 2.69. The van der Waals surface area contributed by atoms with Crippen LogP contribution in [0.3, 0.4) is 0 Å². The maximum Gasteiger partial charge on any atom is 0.141 e. The van der Waals surface area contributed by atoms with E-state index in [9.17, 15) is 14.8 Å². The lowest BCUT2D eigenvalue weighted by Crippen LogP contribution is -2.22. The smallest absolute Gasteiger partial charge is 0.141 e. The molecule has 1 atom stereocenters. The molecule has 0 radical (unpaired) electrons. The van der Waals surface area contributed by atoms with Crippen molar-refractivity contribution in [1.82, 2.24) is 4.98 Å². The van der Waals surface area contributed by atoms with Crippen molar-refractivity contribution in [3.05, 3.63) is 58.0 Å². The van der Waals surface area contributed by atoms with Crippen LogP contribution in [0.4, 0.5) is 21.5 Å². The first-order chi connectivity index (χ1) is 13.4. The van der Waals surface area contributed by atoms with Crippen molar-refractivity contribution in [2.24, 2.45) is 0 Å². The lowest BCUT2D eigenvalue weighted by Gasteiger charge is -2.15. The summed E-state index contributed by atoms with van der Waals surface area (Å²) in [6, 6.07) is 9.53. The van der Waals surface area contributed by atoms with Gasteiger partial charge in [-0.25, -0.2) is 4.39 Å². The molecule has 0 saturated carbocycles. The number of nitrogens with one attached hydrogen (secondary N) is 2. The molecular formula is C19H15Cl2FN4O2. The molecule has 9 heteroatoms. The number of hydrogen-bond donors (Lipinski definition) is 4. The summed E-state index contributed by atoms with van der Waals surface area (Å²) in [6.07, 6.45) is 0.460. The summed E-state index contributed by atoms with van der Waals surface area (Å²) >= 11 is 12.2. The van der Waals surface area contributed by atoms with Crippen LogP contribution < -0.4 is 10.6 Å². The Morgan fingerprint density at radius 1 is 1.18 bits per heavy atom. The van der Waals surface area contributed by atoms with Gasteiger partial charge in [-0.05, 0) is 30.3 Å². The molecule has 144 valence electrons. The van der Waals surface area contributed by atoms with E-state index in [2.05, 4.69) is 21.7 Å². The third-order valence-electron chi connectivity index (χ3n) is 3.99. The second kappa shape index (κ2) is 8.59. The Morgan fingerprint density at radius 3 is 2.61 bits per heavy atom. The highest BCUT2D eigenvalue weighted by molar-refractivity contribution is 6.36. The lowest BCUT2D eigenvalue weighted by molar-refractivity contribution is 0.105. The maximum atomic E-state index is 13.4. The molecule has 0 aliphatic heterocycles. The molecule has 1 aromatic heterocycles. The number of fused-ring (bicyclic) bond motifs is 1. The molecule has 4 N–H and O–H groups in total. The molecule has 1 heterocycles. The van der Waals surface area contributed by atoms with Gasteiger partial charge in [-0.1, -0.05) is 23.2 Å². The van der Waals surface area contributed by atoms with Crippen LogP contribution in [0.1, 0.15) is 5.56 Å². The van der Waals surface area contributed by atoms with Gasteiger partial charge in [0, 0.05) is 29.5 Å². The first-order valence-corrected chi connectivity index (χ1v) is 8.95. The van der Waals surface area contributed by atoms with Gasteiger partial charge in [-0.2, -0.15) is 5.26 Å². The summed E-state index contributed by atoms with van der Waals surface area (Å²) in [5, 5.41) is 34.8. The minimum atomic E-state index is -0.933. The number of pyridine rings is 1. The lowest BCUT2D eigenvalue weighted by atomic mass is 10.1. The Balaban J connectivity index is 2.09. The molecule has 0 fully saturated rings. The number of rotatable bonds is 6. The molecule has 0 saturated heterocycles. The molecule has 1 unspecified atom stereocenters. The van der Waals surface area contributed by atoms with E-state index in [0.29, 0.717) is 33.0 Å². The predicted octanol–water partition coefficient (Wildman–Crippen LogP) is 4.06. The quantitative estimate of drug-likeness (QED) is 0.479. The van der Waals surface area contributed by atoms with Gasteiger partial charge in [0.1, 0.15) is 11.9 Å². The van der Waals surface area contributed by atoms with Gasteiger partial charge >= 0.3 is 0 Å². The van der Waals surface area contributed by atoms with Gasteiger partial charge in [-0.15, -0.1) is 0 Å². The summed E-state index contributed by atoms with van der Waals surface area (Å²) < 4.78 is 13.4. The molecule has 2 aromatic carbocycles. The average molecular weight is 421 g/mol. The Bertz CT molecular complexity index is 1070. The highest BCUT2D eigenvalue weighted by Crippen LogP contribution is 2.35. The van der Waals surface area contributed by atoms with Gasteiger partial charge in [0.15, 0.2) is 0 Å². The van der Waals surface area contributed by atoms with Gasteiger partial charge in [0.25, 0.3) is 0 Å². The van der Waals surface area contributed by atoms with Crippen molar-refractivity contribution >= 4 is 51.2 Å². The highest BCUT2D eigenvalue weighted by Gasteiger charge is 2.14. The van der Waals surface area contributed by atoms with E-state index in [-0.39, 0.29) is 23.7 Å². The number of aliphatic hydroxyl groups is 2. The number of aromatic nitrogens is 1. The Hall–Kier alpha value is -2.63. The molecule has 28 heavy (non-hydrogen) atoms. The van der Waals surface area contributed by atoms with E-state index < -0.39 is 11.9 Å². The van der Waals surface area contributed by atoms with E-state index in [4.69, 9.17) is 28.3 Å². The number of aliphatic hydroxyl groups excluding tert-OH is 2. The van der Waals surface area contributed by atoms with Gasteiger partial charge in [0.05, 0.1) is 39.5 Å². The monoisotopic (exact) mass is 420 g/mol. The fraction of sp³-hybridized carbons (Fsp3) is 0.158. The van der Waals surface area contributed by atoms with Crippen LogP contribution in [-0.2, 0) is 0 Å². The van der Waals surface area contributed by atoms with E-state index in [0.717, 1.165) is 0 Å². The fourth-order valence-electron chi connectivity index (χ4n) is 2.60. The molecule has 0 aliphatic rings. The van der Waals surface area contributed by atoms with Crippen LogP contribution >= 0.6 is 23.2 Å². The van der Waals surface area contributed by atoms with Gasteiger partial charge in [-0.3, -0.25) is 4.98 Å². The number of nitrogens with zero attached hydrogens (tertiary/aromatic N) is 2. The number of anilines is 3. The summed E-state index contributed by atoms with van der Waals surface area (Å²) in [7, 11) is 0. The standard InChI is InChI=1S/C19H15Cl2FN4O2/c20-15-4-11(1-2-17(15)22)26-18-10(6-23)7-25-19-14(18)3-12(5-16(19)21)24-8-13(28)9-27/h1-5,7,13,24,27-28H,8-9H2,(H,25,26). The topological polar surface area (TPSA) is 101 Å². The third-order valence-corrected chi connectivity index (χ3v) is 4.56. The number of halogens is 3. The Kier molecular flexibility index (Phi) is 6.17. The zero-order valence-electron chi connectivity index (χ0n) is 14.4. The Morgan fingerprint density at radius 2 is 1.93 bits per heavy atom. The molecular weight excluding hydrogens is 406 g/mol. The predicted molar refractivity (Wildman–Crippen MR) is 108 cm³/mol. The van der Waals surface area contributed by atoms with Crippen LogP contribution in [0.5, 0.6) is 0 Å². The number of benzene rings is 2. The van der Waals surface area contributed by atoms with Crippen LogP contribution in [-0.4, -0.2) is 34.5 Å². The molecule has 0 spiro atoms. The zero-order valence-corrected chi connectivity index (χ0v) is 15.9. The normalized spacial score (nSPS) is 11.9. The summed E-state index contributed by atoms with van der Waals surface area (Å²) in [6.45, 7) is -0.271. The van der Waals surface area contributed by atoms with Crippen LogP contribution in [0.15, 0.2) is 36.5 Å². The largest absolute Gasteiger partial charge is 0.394 e. The van der Waals surface area contributed by atoms with E-state index in [1.807, 2.05) is 0 Å². The summed E-state index contributed by atoms with van der Waals surface area (Å²) in [5.74, 6) is -0.552. The van der Waals surface area contributed by atoms with E-state index in [1.165, 1.54) is 24.4 Å². The van der Waals surface area contributed by atoms with Crippen molar-refractivity contribution in [3.63, 3.8) is 0 Å². The molecule has 0 amide bonds. The van der Waals surface area contributed by atoms with Crippen molar-refractivity contribution in [2.75, 3.05) is 23.8 Å². The molecule has 6 nitrogen and oxygen atoms in total. The van der Waals surface area contributed by atoms with Crippen molar-refractivity contribution in [3.8, 4) is 6.07 Å². The van der Waals surface area contributed by atoms with E-state index >= 15 is 0 Å². The number of hydrogen-bond acceptors (Lipinski definition) is 6. The summed E-state index contributed by atoms with van der Waals surface area (Å²) in [4.78, 5) is 4.24. The number of nitriles is 1. The minimum Gasteiger partial charge on any atom is -0.394 e. The van der Waals surface area contributed by atoms with Crippen molar-refractivity contribution in [1.29, 1.82) is 5.26 Å². The molecule has 0 bridgehead atoms. The van der Waals surface area contributed by atoms with E-state index in [1.54, 1.807) is 12.1 Å². The maximum absolute atomic E-state index is 13.4. The van der Waals surface area contributed by atoms with Crippen LogP contribution in [0.25, 0.3) is 10.9 Å². The van der Waals surface area contributed by atoms with Crippen molar-refractivity contribution in [2.45, 2.75) is 6.10 Å². The highest BCUT2D eigenvalue weighted by atomic mass is 35.5. The van der Waals surface area contributed by atoms with Gasteiger partial charge < -0.3 is 20.8 Å². The minimum absolute atomic E-state index is 0.0553. The molecule has 3 aromatic rings. The molecule has 0 aliphatic carbocycles. The fourth-order valence-corrected chi connectivity index (χ4v) is 3.05. The third kappa shape index (κ3) is 4.26. The van der Waals surface area contributed by atoms with Gasteiger partial charge in [0.2, 0.25) is 0 Å². The van der Waals surface area contributed by atoms with Crippen LogP contribution in [0.2, 0.25) is 10.0 Å². The first-order valence-electron chi connectivity index (χ1n) is 8.20.